The molecule has 1 aromatic carbocycles. The number of hydrogen-bond donors (Lipinski definition) is 2. The zero-order chi connectivity index (χ0) is 22.2. The third-order valence-corrected chi connectivity index (χ3v) is 5.01. The minimum atomic E-state index is -4.11. The van der Waals surface area contributed by atoms with Gasteiger partial charge in [-0.1, -0.05) is 18.2 Å². The van der Waals surface area contributed by atoms with E-state index >= 15 is 0 Å². The molecule has 170 valence electrons. The summed E-state index contributed by atoms with van der Waals surface area (Å²) in [5.41, 5.74) is 0.776. The molecular formula is C22H35F3N4O. The fraction of sp³-hybridized carbons (Fsp3) is 0.682. The van der Waals surface area contributed by atoms with Crippen LogP contribution in [0.3, 0.4) is 0 Å². The van der Waals surface area contributed by atoms with Crippen molar-refractivity contribution in [2.75, 3.05) is 33.2 Å². The number of hydrogen-bond acceptors (Lipinski definition) is 3. The van der Waals surface area contributed by atoms with E-state index in [4.69, 9.17) is 4.74 Å². The van der Waals surface area contributed by atoms with Crippen LogP contribution in [0.2, 0.25) is 0 Å². The van der Waals surface area contributed by atoms with Crippen LogP contribution in [0.25, 0.3) is 0 Å². The number of benzene rings is 1. The van der Waals surface area contributed by atoms with Gasteiger partial charge < -0.3 is 15.4 Å². The molecule has 0 amide bonds. The molecule has 1 heterocycles. The summed E-state index contributed by atoms with van der Waals surface area (Å²) in [6.45, 7) is 7.62. The summed E-state index contributed by atoms with van der Waals surface area (Å²) >= 11 is 0. The molecule has 1 fully saturated rings. The van der Waals surface area contributed by atoms with Crippen LogP contribution >= 0.6 is 0 Å². The number of piperidine rings is 1. The minimum Gasteiger partial charge on any atom is -0.488 e. The van der Waals surface area contributed by atoms with Crippen LogP contribution in [-0.4, -0.2) is 55.9 Å². The number of para-hydroxylation sites is 1. The Hall–Kier alpha value is -1.96. The fourth-order valence-electron chi connectivity index (χ4n) is 3.56. The molecule has 0 atom stereocenters. The molecule has 0 bridgehead atoms. The van der Waals surface area contributed by atoms with E-state index in [9.17, 15) is 13.2 Å². The molecule has 0 unspecified atom stereocenters. The van der Waals surface area contributed by atoms with E-state index in [0.29, 0.717) is 31.5 Å². The Morgan fingerprint density at radius 3 is 2.40 bits per heavy atom. The summed E-state index contributed by atoms with van der Waals surface area (Å²) in [5.74, 6) is 2.00. The summed E-state index contributed by atoms with van der Waals surface area (Å²) in [7, 11) is 1.72. The number of halogens is 3. The predicted octanol–water partition coefficient (Wildman–Crippen LogP) is 4.19. The largest absolute Gasteiger partial charge is 0.488 e. The van der Waals surface area contributed by atoms with Crippen LogP contribution < -0.4 is 15.4 Å². The number of alkyl halides is 3. The first kappa shape index (κ1) is 24.3. The third-order valence-electron chi connectivity index (χ3n) is 5.01. The van der Waals surface area contributed by atoms with E-state index < -0.39 is 12.7 Å². The lowest BCUT2D eigenvalue weighted by molar-refractivity contribution is -0.148. The van der Waals surface area contributed by atoms with Gasteiger partial charge in [0.2, 0.25) is 0 Å². The van der Waals surface area contributed by atoms with Crippen molar-refractivity contribution in [1.82, 2.24) is 15.5 Å². The van der Waals surface area contributed by atoms with Crippen LogP contribution in [0.5, 0.6) is 5.75 Å². The zero-order valence-electron chi connectivity index (χ0n) is 18.5. The Balaban J connectivity index is 1.73. The van der Waals surface area contributed by atoms with E-state index in [-0.39, 0.29) is 5.60 Å². The molecule has 5 nitrogen and oxygen atoms in total. The molecule has 1 aromatic rings. The molecule has 0 aromatic heterocycles. The molecule has 0 radical (unpaired) electrons. The van der Waals surface area contributed by atoms with Gasteiger partial charge in [0, 0.05) is 25.7 Å². The highest BCUT2D eigenvalue weighted by atomic mass is 19.4. The second kappa shape index (κ2) is 10.9. The Morgan fingerprint density at radius 1 is 1.13 bits per heavy atom. The summed E-state index contributed by atoms with van der Waals surface area (Å²) in [6.07, 6.45) is -1.57. The second-order valence-electron chi connectivity index (χ2n) is 8.80. The van der Waals surface area contributed by atoms with Gasteiger partial charge in [0.25, 0.3) is 0 Å². The molecular weight excluding hydrogens is 393 g/mol. The predicted molar refractivity (Wildman–Crippen MR) is 115 cm³/mol. The molecule has 0 spiro atoms. The first-order valence-corrected chi connectivity index (χ1v) is 10.6. The second-order valence-corrected chi connectivity index (χ2v) is 8.80. The lowest BCUT2D eigenvalue weighted by Crippen LogP contribution is -2.41. The molecule has 1 aliphatic heterocycles. The van der Waals surface area contributed by atoms with E-state index in [1.807, 2.05) is 45.0 Å². The average molecular weight is 429 g/mol. The fourth-order valence-corrected chi connectivity index (χ4v) is 3.56. The SMILES string of the molecule is CN=C(NCCC1CCN(CC(F)(F)F)CC1)NCc1ccccc1OC(C)(C)C. The Kier molecular flexibility index (Phi) is 8.82. The molecule has 1 aliphatic rings. The Bertz CT molecular complexity index is 678. The number of guanidine groups is 1. The summed E-state index contributed by atoms with van der Waals surface area (Å²) in [5, 5.41) is 6.62. The van der Waals surface area contributed by atoms with Gasteiger partial charge in [-0.3, -0.25) is 9.89 Å². The standard InChI is InChI=1S/C22H35F3N4O/c1-21(2,3)30-19-8-6-5-7-18(19)15-28-20(26-4)27-12-9-17-10-13-29(14-11-17)16-22(23,24)25/h5-8,17H,9-16H2,1-4H3,(H2,26,27,28). The smallest absolute Gasteiger partial charge is 0.401 e. The third kappa shape index (κ3) is 9.24. The minimum absolute atomic E-state index is 0.272. The number of ether oxygens (including phenoxy) is 1. The first-order chi connectivity index (χ1) is 14.1. The number of likely N-dealkylation sites (tertiary alicyclic amines) is 1. The first-order valence-electron chi connectivity index (χ1n) is 10.6. The summed E-state index contributed by atoms with van der Waals surface area (Å²) in [4.78, 5) is 5.76. The molecule has 0 saturated carbocycles. The van der Waals surface area contributed by atoms with Crippen molar-refractivity contribution < 1.29 is 17.9 Å². The van der Waals surface area contributed by atoms with E-state index in [2.05, 4.69) is 15.6 Å². The molecule has 30 heavy (non-hydrogen) atoms. The average Bonchev–Trinajstić information content (AvgIpc) is 2.64. The molecule has 2 rings (SSSR count). The van der Waals surface area contributed by atoms with Crippen molar-refractivity contribution in [2.24, 2.45) is 10.9 Å². The number of nitrogens with one attached hydrogen (secondary N) is 2. The van der Waals surface area contributed by atoms with Crippen LogP contribution in [0, 0.1) is 5.92 Å². The lowest BCUT2D eigenvalue weighted by Gasteiger charge is -2.32. The maximum atomic E-state index is 12.5. The van der Waals surface area contributed by atoms with Crippen molar-refractivity contribution in [2.45, 2.75) is 58.4 Å². The Morgan fingerprint density at radius 2 is 1.80 bits per heavy atom. The molecule has 0 aliphatic carbocycles. The van der Waals surface area contributed by atoms with Gasteiger partial charge in [-0.05, 0) is 65.1 Å². The van der Waals surface area contributed by atoms with Crippen LogP contribution in [0.15, 0.2) is 29.3 Å². The van der Waals surface area contributed by atoms with Gasteiger partial charge in [-0.15, -0.1) is 0 Å². The molecule has 1 saturated heterocycles. The monoisotopic (exact) mass is 428 g/mol. The summed E-state index contributed by atoms with van der Waals surface area (Å²) in [6, 6.07) is 7.92. The Labute approximate surface area is 178 Å². The van der Waals surface area contributed by atoms with Gasteiger partial charge in [-0.25, -0.2) is 0 Å². The van der Waals surface area contributed by atoms with Crippen molar-refractivity contribution in [3.05, 3.63) is 29.8 Å². The number of aliphatic imine (C=N–C) groups is 1. The van der Waals surface area contributed by atoms with Gasteiger partial charge >= 0.3 is 6.18 Å². The number of nitrogens with zero attached hydrogens (tertiary/aromatic N) is 2. The van der Waals surface area contributed by atoms with Crippen molar-refractivity contribution in [3.63, 3.8) is 0 Å². The highest BCUT2D eigenvalue weighted by Crippen LogP contribution is 2.24. The van der Waals surface area contributed by atoms with E-state index in [1.165, 1.54) is 4.90 Å². The van der Waals surface area contributed by atoms with Crippen LogP contribution in [0.1, 0.15) is 45.6 Å². The van der Waals surface area contributed by atoms with Crippen molar-refractivity contribution >= 4 is 5.96 Å². The number of rotatable bonds is 7. The van der Waals surface area contributed by atoms with Crippen LogP contribution in [0.4, 0.5) is 13.2 Å². The quantitative estimate of drug-likeness (QED) is 0.505. The van der Waals surface area contributed by atoms with Gasteiger partial charge in [-0.2, -0.15) is 13.2 Å². The van der Waals surface area contributed by atoms with Crippen LogP contribution in [-0.2, 0) is 6.54 Å². The molecule has 2 N–H and O–H groups in total. The highest BCUT2D eigenvalue weighted by molar-refractivity contribution is 5.79. The normalized spacial score (nSPS) is 17.1. The van der Waals surface area contributed by atoms with E-state index in [1.54, 1.807) is 7.05 Å². The lowest BCUT2D eigenvalue weighted by atomic mass is 9.93. The van der Waals surface area contributed by atoms with Gasteiger partial charge in [0.05, 0.1) is 6.54 Å². The van der Waals surface area contributed by atoms with Gasteiger partial charge in [0.15, 0.2) is 5.96 Å². The highest BCUT2D eigenvalue weighted by Gasteiger charge is 2.32. The maximum absolute atomic E-state index is 12.5. The van der Waals surface area contributed by atoms with Gasteiger partial charge in [0.1, 0.15) is 11.4 Å². The topological polar surface area (TPSA) is 48.9 Å². The zero-order valence-corrected chi connectivity index (χ0v) is 18.5. The van der Waals surface area contributed by atoms with Crippen molar-refractivity contribution in [1.29, 1.82) is 0 Å². The van der Waals surface area contributed by atoms with E-state index in [0.717, 1.165) is 37.1 Å². The van der Waals surface area contributed by atoms with Crippen molar-refractivity contribution in [3.8, 4) is 5.75 Å². The molecule has 8 heteroatoms. The summed E-state index contributed by atoms with van der Waals surface area (Å²) < 4.78 is 43.5. The maximum Gasteiger partial charge on any atom is 0.401 e.